The maximum atomic E-state index is 11.5. The number of nitrogens with one attached hydrogen (secondary N) is 1. The number of H-pyrrole nitrogens is 1. The minimum absolute atomic E-state index is 0.446. The third-order valence-electron chi connectivity index (χ3n) is 2.82. The summed E-state index contributed by atoms with van der Waals surface area (Å²) in [5.41, 5.74) is 6.98. The number of hydrogen-bond donors (Lipinski definition) is 2. The van der Waals surface area contributed by atoms with Gasteiger partial charge in [0.15, 0.2) is 10.4 Å². The first-order valence-electron chi connectivity index (χ1n) is 5.22. The number of aryl methyl sites for hydroxylation is 1. The zero-order valence-electron chi connectivity index (χ0n) is 9.94. The summed E-state index contributed by atoms with van der Waals surface area (Å²) in [5.74, 6) is -0.447. The Kier molecular flexibility index (Phi) is 2.54. The minimum atomic E-state index is -0.905. The maximum Gasteiger partial charge on any atom is 0.243 e. The number of aromatic nitrogens is 3. The first-order chi connectivity index (χ1) is 7.84. The number of imidazole rings is 1. The van der Waals surface area contributed by atoms with Crippen LogP contribution >= 0.6 is 12.2 Å². The summed E-state index contributed by atoms with van der Waals surface area (Å²) >= 11 is 5.22. The fourth-order valence-electron chi connectivity index (χ4n) is 1.73. The van der Waals surface area contributed by atoms with Gasteiger partial charge in [-0.3, -0.25) is 9.36 Å². The van der Waals surface area contributed by atoms with Crippen molar-refractivity contribution in [2.24, 2.45) is 5.73 Å². The van der Waals surface area contributed by atoms with E-state index in [1.165, 1.54) is 0 Å². The molecular weight excluding hydrogens is 236 g/mol. The maximum absolute atomic E-state index is 11.5. The Hall–Kier alpha value is -1.69. The summed E-state index contributed by atoms with van der Waals surface area (Å²) in [6, 6.07) is 1.94. The standard InChI is InChI=1S/C11H14N4OS/c1-6-4-7-8(13-5-6)15(10(17)14-7)11(2,3)9(12)16/h4-5H,1-3H3,(H2,12,16)(H,14,17). The Balaban J connectivity index is 2.83. The highest BCUT2D eigenvalue weighted by atomic mass is 32.1. The van der Waals surface area contributed by atoms with Crippen LogP contribution < -0.4 is 5.73 Å². The fourth-order valence-corrected chi connectivity index (χ4v) is 2.15. The molecule has 0 unspecified atom stereocenters. The molecule has 5 nitrogen and oxygen atoms in total. The molecule has 6 heteroatoms. The average Bonchev–Trinajstić information content (AvgIpc) is 2.53. The van der Waals surface area contributed by atoms with Crippen LogP contribution in [0.4, 0.5) is 0 Å². The normalized spacial score (nSPS) is 11.9. The van der Waals surface area contributed by atoms with Gasteiger partial charge in [-0.05, 0) is 44.6 Å². The summed E-state index contributed by atoms with van der Waals surface area (Å²) in [6.07, 6.45) is 1.73. The molecule has 0 spiro atoms. The number of hydrogen-bond acceptors (Lipinski definition) is 3. The summed E-state index contributed by atoms with van der Waals surface area (Å²) in [7, 11) is 0. The molecule has 2 aromatic heterocycles. The molecule has 0 aliphatic rings. The lowest BCUT2D eigenvalue weighted by molar-refractivity contribution is -0.124. The summed E-state index contributed by atoms with van der Waals surface area (Å²) in [5, 5.41) is 0. The lowest BCUT2D eigenvalue weighted by Gasteiger charge is -2.22. The zero-order valence-corrected chi connectivity index (χ0v) is 10.8. The topological polar surface area (TPSA) is 76.7 Å². The van der Waals surface area contributed by atoms with Crippen LogP contribution in [0.1, 0.15) is 19.4 Å². The molecule has 2 heterocycles. The Bertz CT molecular complexity index is 653. The lowest BCUT2D eigenvalue weighted by Crippen LogP contribution is -2.41. The van der Waals surface area contributed by atoms with Crippen molar-refractivity contribution in [1.29, 1.82) is 0 Å². The smallest absolute Gasteiger partial charge is 0.243 e. The molecule has 0 saturated heterocycles. The number of nitrogens with two attached hydrogens (primary N) is 1. The molecule has 0 aliphatic carbocycles. The molecular formula is C11H14N4OS. The molecule has 3 N–H and O–H groups in total. The predicted molar refractivity (Wildman–Crippen MR) is 68.2 cm³/mol. The highest BCUT2D eigenvalue weighted by Crippen LogP contribution is 2.22. The van der Waals surface area contributed by atoms with Crippen LogP contribution in [-0.2, 0) is 10.3 Å². The number of fused-ring (bicyclic) bond motifs is 1. The molecule has 2 aromatic rings. The summed E-state index contributed by atoms with van der Waals surface area (Å²) < 4.78 is 2.10. The molecule has 90 valence electrons. The molecule has 0 fully saturated rings. The Labute approximate surface area is 104 Å². The van der Waals surface area contributed by atoms with E-state index in [1.54, 1.807) is 24.6 Å². The fraction of sp³-hybridized carbons (Fsp3) is 0.364. The van der Waals surface area contributed by atoms with Gasteiger partial charge in [0.2, 0.25) is 5.91 Å². The van der Waals surface area contributed by atoms with Gasteiger partial charge in [0, 0.05) is 6.20 Å². The van der Waals surface area contributed by atoms with Crippen molar-refractivity contribution in [1.82, 2.24) is 14.5 Å². The van der Waals surface area contributed by atoms with E-state index in [0.717, 1.165) is 11.1 Å². The van der Waals surface area contributed by atoms with Crippen molar-refractivity contribution in [3.63, 3.8) is 0 Å². The number of primary amides is 1. The monoisotopic (exact) mass is 250 g/mol. The van der Waals surface area contributed by atoms with E-state index >= 15 is 0 Å². The van der Waals surface area contributed by atoms with E-state index in [4.69, 9.17) is 18.0 Å². The second-order valence-electron chi connectivity index (χ2n) is 4.57. The molecule has 0 atom stereocenters. The van der Waals surface area contributed by atoms with Gasteiger partial charge in [-0.1, -0.05) is 0 Å². The third kappa shape index (κ3) is 1.74. The van der Waals surface area contributed by atoms with E-state index in [1.807, 2.05) is 13.0 Å². The van der Waals surface area contributed by atoms with Crippen molar-refractivity contribution in [3.05, 3.63) is 22.6 Å². The van der Waals surface area contributed by atoms with E-state index < -0.39 is 11.4 Å². The first-order valence-corrected chi connectivity index (χ1v) is 5.62. The van der Waals surface area contributed by atoms with Crippen LogP contribution in [0.25, 0.3) is 11.2 Å². The van der Waals surface area contributed by atoms with Gasteiger partial charge >= 0.3 is 0 Å². The van der Waals surface area contributed by atoms with Crippen molar-refractivity contribution in [2.45, 2.75) is 26.3 Å². The van der Waals surface area contributed by atoms with Gasteiger partial charge in [-0.25, -0.2) is 4.98 Å². The van der Waals surface area contributed by atoms with Crippen LogP contribution in [-0.4, -0.2) is 20.4 Å². The van der Waals surface area contributed by atoms with Gasteiger partial charge in [-0.15, -0.1) is 0 Å². The highest BCUT2D eigenvalue weighted by Gasteiger charge is 2.30. The van der Waals surface area contributed by atoms with Crippen molar-refractivity contribution in [2.75, 3.05) is 0 Å². The number of carbonyl (C=O) groups excluding carboxylic acids is 1. The summed E-state index contributed by atoms with van der Waals surface area (Å²) in [6.45, 7) is 5.39. The minimum Gasteiger partial charge on any atom is -0.368 e. The largest absolute Gasteiger partial charge is 0.368 e. The Morgan fingerprint density at radius 2 is 2.24 bits per heavy atom. The third-order valence-corrected chi connectivity index (χ3v) is 3.11. The number of amides is 1. The van der Waals surface area contributed by atoms with Crippen LogP contribution in [0.2, 0.25) is 0 Å². The second kappa shape index (κ2) is 3.66. The van der Waals surface area contributed by atoms with Crippen LogP contribution in [0.15, 0.2) is 12.3 Å². The molecule has 17 heavy (non-hydrogen) atoms. The van der Waals surface area contributed by atoms with Crippen molar-refractivity contribution in [3.8, 4) is 0 Å². The molecule has 0 aromatic carbocycles. The molecule has 2 rings (SSSR count). The number of rotatable bonds is 2. The van der Waals surface area contributed by atoms with Gasteiger partial charge in [0.25, 0.3) is 0 Å². The average molecular weight is 250 g/mol. The van der Waals surface area contributed by atoms with E-state index in [-0.39, 0.29) is 0 Å². The Morgan fingerprint density at radius 3 is 2.82 bits per heavy atom. The molecule has 0 bridgehead atoms. The van der Waals surface area contributed by atoms with Gasteiger partial charge in [0.05, 0.1) is 5.52 Å². The number of aromatic amines is 1. The molecule has 0 aliphatic heterocycles. The molecule has 0 saturated carbocycles. The highest BCUT2D eigenvalue weighted by molar-refractivity contribution is 7.71. The quantitative estimate of drug-likeness (QED) is 0.795. The summed E-state index contributed by atoms with van der Waals surface area (Å²) in [4.78, 5) is 18.8. The molecule has 1 amide bonds. The number of nitrogens with zero attached hydrogens (tertiary/aromatic N) is 2. The van der Waals surface area contributed by atoms with E-state index in [9.17, 15) is 4.79 Å². The lowest BCUT2D eigenvalue weighted by atomic mass is 10.1. The van der Waals surface area contributed by atoms with Crippen LogP contribution in [0.3, 0.4) is 0 Å². The van der Waals surface area contributed by atoms with E-state index in [0.29, 0.717) is 10.4 Å². The van der Waals surface area contributed by atoms with Crippen molar-refractivity contribution >= 4 is 29.3 Å². The van der Waals surface area contributed by atoms with E-state index in [2.05, 4.69) is 9.97 Å². The van der Waals surface area contributed by atoms with Crippen molar-refractivity contribution < 1.29 is 4.79 Å². The predicted octanol–water partition coefficient (Wildman–Crippen LogP) is 1.62. The zero-order chi connectivity index (χ0) is 12.8. The molecule has 0 radical (unpaired) electrons. The van der Waals surface area contributed by atoms with Gasteiger partial charge in [-0.2, -0.15) is 0 Å². The van der Waals surface area contributed by atoms with Crippen LogP contribution in [0.5, 0.6) is 0 Å². The Morgan fingerprint density at radius 1 is 1.59 bits per heavy atom. The van der Waals surface area contributed by atoms with Crippen LogP contribution in [0, 0.1) is 11.7 Å². The van der Waals surface area contributed by atoms with Gasteiger partial charge in [0.1, 0.15) is 5.54 Å². The number of pyridine rings is 1. The van der Waals surface area contributed by atoms with Gasteiger partial charge < -0.3 is 10.7 Å². The second-order valence-corrected chi connectivity index (χ2v) is 4.96. The number of carbonyl (C=O) groups is 1. The first kappa shape index (κ1) is 11.8. The SMILES string of the molecule is Cc1cnc2c(c1)[nH]c(=S)n2C(C)(C)C(N)=O.